The maximum absolute atomic E-state index is 11.7. The minimum atomic E-state index is 0.130. The summed E-state index contributed by atoms with van der Waals surface area (Å²) in [7, 11) is 2.05. The van der Waals surface area contributed by atoms with Gasteiger partial charge in [-0.05, 0) is 38.4 Å². The first-order chi connectivity index (χ1) is 7.99. The van der Waals surface area contributed by atoms with Gasteiger partial charge in [0.05, 0.1) is 0 Å². The van der Waals surface area contributed by atoms with Crippen molar-refractivity contribution in [2.45, 2.75) is 33.6 Å². The Balaban J connectivity index is 3.75. The number of nitrogens with two attached hydrogens (primary N) is 1. The van der Waals surface area contributed by atoms with E-state index < -0.39 is 0 Å². The largest absolute Gasteiger partial charge is 0.355 e. The fourth-order valence-corrected chi connectivity index (χ4v) is 1.81. The van der Waals surface area contributed by atoms with E-state index in [1.165, 1.54) is 0 Å². The van der Waals surface area contributed by atoms with Crippen LogP contribution in [-0.4, -0.2) is 44.0 Å². The molecule has 0 aliphatic carbocycles. The number of hydrogen-bond acceptors (Lipinski definition) is 3. The van der Waals surface area contributed by atoms with Gasteiger partial charge in [0, 0.05) is 19.5 Å². The molecule has 1 amide bonds. The maximum atomic E-state index is 11.7. The third-order valence-electron chi connectivity index (χ3n) is 2.97. The van der Waals surface area contributed by atoms with Crippen molar-refractivity contribution < 1.29 is 4.79 Å². The van der Waals surface area contributed by atoms with Gasteiger partial charge in [0.25, 0.3) is 0 Å². The van der Waals surface area contributed by atoms with Gasteiger partial charge in [0.1, 0.15) is 0 Å². The Morgan fingerprint density at radius 1 is 1.41 bits per heavy atom. The van der Waals surface area contributed by atoms with E-state index in [1.807, 2.05) is 7.05 Å². The molecule has 1 atom stereocenters. The number of carbonyl (C=O) groups excluding carboxylic acids is 1. The average Bonchev–Trinajstić information content (AvgIpc) is 2.27. The van der Waals surface area contributed by atoms with Gasteiger partial charge in [-0.1, -0.05) is 20.8 Å². The highest BCUT2D eigenvalue weighted by molar-refractivity contribution is 5.76. The summed E-state index contributed by atoms with van der Waals surface area (Å²) in [6.45, 7) is 9.67. The van der Waals surface area contributed by atoms with Crippen LogP contribution in [0.4, 0.5) is 0 Å². The van der Waals surface area contributed by atoms with Gasteiger partial charge in [-0.3, -0.25) is 4.79 Å². The molecule has 0 spiro atoms. The monoisotopic (exact) mass is 243 g/mol. The molecule has 0 aliphatic rings. The predicted molar refractivity (Wildman–Crippen MR) is 72.8 cm³/mol. The Labute approximate surface area is 106 Å². The van der Waals surface area contributed by atoms with Gasteiger partial charge in [-0.15, -0.1) is 0 Å². The lowest BCUT2D eigenvalue weighted by Crippen LogP contribution is -2.34. The standard InChI is InChI=1S/C13H29N3O/c1-5-16(4)7-6-15-13(17)9-12(10-14)8-11(2)3/h11-12H,5-10,14H2,1-4H3,(H,15,17). The molecule has 0 bridgehead atoms. The molecule has 17 heavy (non-hydrogen) atoms. The summed E-state index contributed by atoms with van der Waals surface area (Å²) < 4.78 is 0. The summed E-state index contributed by atoms with van der Waals surface area (Å²) >= 11 is 0. The minimum Gasteiger partial charge on any atom is -0.355 e. The highest BCUT2D eigenvalue weighted by Crippen LogP contribution is 2.13. The maximum Gasteiger partial charge on any atom is 0.220 e. The number of nitrogens with one attached hydrogen (secondary N) is 1. The first-order valence-electron chi connectivity index (χ1n) is 6.64. The van der Waals surface area contributed by atoms with Crippen LogP contribution in [0.5, 0.6) is 0 Å². The molecule has 4 nitrogen and oxygen atoms in total. The lowest BCUT2D eigenvalue weighted by Gasteiger charge is -2.18. The molecule has 3 N–H and O–H groups in total. The summed E-state index contributed by atoms with van der Waals surface area (Å²) in [5, 5.41) is 2.95. The highest BCUT2D eigenvalue weighted by Gasteiger charge is 2.13. The molecule has 0 heterocycles. The summed E-state index contributed by atoms with van der Waals surface area (Å²) in [6.07, 6.45) is 1.59. The number of likely N-dealkylation sites (N-methyl/N-ethyl adjacent to an activating group) is 1. The van der Waals surface area contributed by atoms with Crippen LogP contribution in [0.2, 0.25) is 0 Å². The third-order valence-corrected chi connectivity index (χ3v) is 2.97. The van der Waals surface area contributed by atoms with Gasteiger partial charge in [0.2, 0.25) is 5.91 Å². The van der Waals surface area contributed by atoms with E-state index in [-0.39, 0.29) is 5.91 Å². The zero-order valence-electron chi connectivity index (χ0n) is 11.8. The van der Waals surface area contributed by atoms with E-state index >= 15 is 0 Å². The van der Waals surface area contributed by atoms with Crippen LogP contribution in [0.25, 0.3) is 0 Å². The molecule has 0 fully saturated rings. The van der Waals surface area contributed by atoms with Gasteiger partial charge in [-0.2, -0.15) is 0 Å². The van der Waals surface area contributed by atoms with Crippen molar-refractivity contribution in [2.75, 3.05) is 33.2 Å². The highest BCUT2D eigenvalue weighted by atomic mass is 16.1. The van der Waals surface area contributed by atoms with Crippen molar-refractivity contribution in [2.24, 2.45) is 17.6 Å². The van der Waals surface area contributed by atoms with Gasteiger partial charge >= 0.3 is 0 Å². The van der Waals surface area contributed by atoms with Crippen LogP contribution >= 0.6 is 0 Å². The van der Waals surface area contributed by atoms with E-state index in [2.05, 4.69) is 31.0 Å². The molecule has 0 aromatic heterocycles. The summed E-state index contributed by atoms with van der Waals surface area (Å²) in [5.41, 5.74) is 5.68. The van der Waals surface area contributed by atoms with Crippen molar-refractivity contribution in [1.82, 2.24) is 10.2 Å². The lowest BCUT2D eigenvalue weighted by atomic mass is 9.94. The van der Waals surface area contributed by atoms with Crippen LogP contribution in [0.15, 0.2) is 0 Å². The normalized spacial score (nSPS) is 13.1. The van der Waals surface area contributed by atoms with E-state index in [1.54, 1.807) is 0 Å². The molecule has 4 heteroatoms. The smallest absolute Gasteiger partial charge is 0.220 e. The van der Waals surface area contributed by atoms with Crippen LogP contribution < -0.4 is 11.1 Å². The molecule has 0 saturated carbocycles. The van der Waals surface area contributed by atoms with E-state index in [9.17, 15) is 4.79 Å². The van der Waals surface area contributed by atoms with Crippen LogP contribution in [0.3, 0.4) is 0 Å². The molecule has 0 radical (unpaired) electrons. The lowest BCUT2D eigenvalue weighted by molar-refractivity contribution is -0.122. The molecule has 0 rings (SSSR count). The van der Waals surface area contributed by atoms with Crippen molar-refractivity contribution in [3.05, 3.63) is 0 Å². The Bertz CT molecular complexity index is 207. The Morgan fingerprint density at radius 3 is 2.53 bits per heavy atom. The average molecular weight is 243 g/mol. The third kappa shape index (κ3) is 9.12. The summed E-state index contributed by atoms with van der Waals surface area (Å²) in [5.74, 6) is 1.05. The first kappa shape index (κ1) is 16.4. The molecular formula is C13H29N3O. The van der Waals surface area contributed by atoms with E-state index in [0.29, 0.717) is 24.8 Å². The topological polar surface area (TPSA) is 58.4 Å². The molecular weight excluding hydrogens is 214 g/mol. The first-order valence-corrected chi connectivity index (χ1v) is 6.64. The van der Waals surface area contributed by atoms with Gasteiger partial charge < -0.3 is 16.0 Å². The number of rotatable bonds is 9. The van der Waals surface area contributed by atoms with Crippen LogP contribution in [-0.2, 0) is 4.79 Å². The van der Waals surface area contributed by atoms with Crippen molar-refractivity contribution in [3.63, 3.8) is 0 Å². The van der Waals surface area contributed by atoms with E-state index in [4.69, 9.17) is 5.73 Å². The Hall–Kier alpha value is -0.610. The SMILES string of the molecule is CCN(C)CCNC(=O)CC(CN)CC(C)C. The summed E-state index contributed by atoms with van der Waals surface area (Å²) in [4.78, 5) is 13.9. The summed E-state index contributed by atoms with van der Waals surface area (Å²) in [6, 6.07) is 0. The second-order valence-electron chi connectivity index (χ2n) is 5.18. The number of amides is 1. The van der Waals surface area contributed by atoms with Crippen molar-refractivity contribution in [3.8, 4) is 0 Å². The van der Waals surface area contributed by atoms with Crippen molar-refractivity contribution in [1.29, 1.82) is 0 Å². The van der Waals surface area contributed by atoms with Crippen LogP contribution in [0, 0.1) is 11.8 Å². The van der Waals surface area contributed by atoms with Gasteiger partial charge in [0.15, 0.2) is 0 Å². The van der Waals surface area contributed by atoms with Crippen LogP contribution in [0.1, 0.15) is 33.6 Å². The molecule has 1 unspecified atom stereocenters. The van der Waals surface area contributed by atoms with Gasteiger partial charge in [-0.25, -0.2) is 0 Å². The van der Waals surface area contributed by atoms with E-state index in [0.717, 1.165) is 26.1 Å². The zero-order valence-corrected chi connectivity index (χ0v) is 11.8. The zero-order chi connectivity index (χ0) is 13.3. The molecule has 0 aromatic rings. The molecule has 0 saturated heterocycles. The number of hydrogen-bond donors (Lipinski definition) is 2. The Morgan fingerprint density at radius 2 is 2.06 bits per heavy atom. The Kier molecular flexibility index (Phi) is 9.09. The molecule has 0 aliphatic heterocycles. The fraction of sp³-hybridized carbons (Fsp3) is 0.923. The molecule has 102 valence electrons. The second kappa shape index (κ2) is 9.42. The minimum absolute atomic E-state index is 0.130. The molecule has 0 aromatic carbocycles. The fourth-order valence-electron chi connectivity index (χ4n) is 1.81. The van der Waals surface area contributed by atoms with Crippen molar-refractivity contribution >= 4 is 5.91 Å². The number of nitrogens with zero attached hydrogens (tertiary/aromatic N) is 1. The predicted octanol–water partition coefficient (Wildman–Crippen LogP) is 1.07. The second-order valence-corrected chi connectivity index (χ2v) is 5.18. The number of carbonyl (C=O) groups is 1. The quantitative estimate of drug-likeness (QED) is 0.637.